The Bertz CT molecular complexity index is 646. The summed E-state index contributed by atoms with van der Waals surface area (Å²) >= 11 is 5.77. The average Bonchev–Trinajstić information content (AvgIpc) is 2.52. The van der Waals surface area contributed by atoms with Gasteiger partial charge in [0.25, 0.3) is 11.8 Å². The van der Waals surface area contributed by atoms with Crippen LogP contribution < -0.4 is 5.73 Å². The molecule has 1 aromatic carbocycles. The number of primary amides is 1. The fraction of sp³-hybridized carbons (Fsp3) is 0.429. The van der Waals surface area contributed by atoms with Crippen LogP contribution in [0.4, 0.5) is 0 Å². The monoisotopic (exact) mass is 690 g/mol. The van der Waals surface area contributed by atoms with Crippen molar-refractivity contribution in [2.45, 2.75) is 12.2 Å². The van der Waals surface area contributed by atoms with Crippen LogP contribution in [0.5, 0.6) is 0 Å². The second-order valence-electron chi connectivity index (χ2n) is 5.15. The van der Waals surface area contributed by atoms with Crippen molar-refractivity contribution in [1.82, 2.24) is 4.90 Å². The van der Waals surface area contributed by atoms with E-state index < -0.39 is 37.2 Å². The third-order valence-corrected chi connectivity index (χ3v) is 5.98. The number of amides is 2. The van der Waals surface area contributed by atoms with Gasteiger partial charge < -0.3 is 31.1 Å². The highest BCUT2D eigenvalue weighted by Gasteiger charge is 2.28. The molecule has 0 aliphatic heterocycles. The SMILES string of the molecule is NC(=O)c1c(I)cc(I)c(C(=O)N(CC(O)CO)CC(O)CO)c1I. The fourth-order valence-electron chi connectivity index (χ4n) is 2.03. The van der Waals surface area contributed by atoms with Crippen molar-refractivity contribution in [3.8, 4) is 0 Å². The van der Waals surface area contributed by atoms with E-state index in [1.54, 1.807) is 6.07 Å². The predicted octanol–water partition coefficient (Wildman–Crippen LogP) is -0.252. The molecule has 0 bridgehead atoms. The van der Waals surface area contributed by atoms with E-state index in [4.69, 9.17) is 15.9 Å². The number of carbonyl (C=O) groups is 2. The third kappa shape index (κ3) is 6.10. The summed E-state index contributed by atoms with van der Waals surface area (Å²) in [6.45, 7) is -1.61. The molecule has 0 aliphatic carbocycles. The molecule has 2 amide bonds. The lowest BCUT2D eigenvalue weighted by molar-refractivity contribution is 0.0209. The molecule has 2 atom stereocenters. The lowest BCUT2D eigenvalue weighted by Crippen LogP contribution is -2.44. The number of hydrogen-bond donors (Lipinski definition) is 5. The van der Waals surface area contributed by atoms with Gasteiger partial charge in [0.1, 0.15) is 0 Å². The van der Waals surface area contributed by atoms with Crippen LogP contribution in [-0.4, -0.2) is 75.7 Å². The predicted molar refractivity (Wildman–Crippen MR) is 115 cm³/mol. The van der Waals surface area contributed by atoms with Gasteiger partial charge in [-0.1, -0.05) is 0 Å². The van der Waals surface area contributed by atoms with Gasteiger partial charge in [-0.15, -0.1) is 0 Å². The molecule has 0 fully saturated rings. The molecular weight excluding hydrogens is 673 g/mol. The van der Waals surface area contributed by atoms with E-state index in [-0.39, 0.29) is 24.2 Å². The minimum Gasteiger partial charge on any atom is -0.394 e. The Hall–Kier alpha value is 0.190. The van der Waals surface area contributed by atoms with Gasteiger partial charge in [0.15, 0.2) is 0 Å². The molecular formula is C14H17I3N2O6. The van der Waals surface area contributed by atoms with Crippen LogP contribution >= 0.6 is 67.8 Å². The van der Waals surface area contributed by atoms with Crippen LogP contribution in [0.3, 0.4) is 0 Å². The van der Waals surface area contributed by atoms with Crippen molar-refractivity contribution in [2.24, 2.45) is 5.73 Å². The normalized spacial score (nSPS) is 13.4. The highest BCUT2D eigenvalue weighted by atomic mass is 127. The molecule has 8 nitrogen and oxygen atoms in total. The summed E-state index contributed by atoms with van der Waals surface area (Å²) in [4.78, 5) is 25.8. The van der Waals surface area contributed by atoms with Crippen LogP contribution in [0.1, 0.15) is 20.7 Å². The Balaban J connectivity index is 3.36. The van der Waals surface area contributed by atoms with Gasteiger partial charge >= 0.3 is 0 Å². The largest absolute Gasteiger partial charge is 0.394 e. The molecule has 1 aromatic rings. The highest BCUT2D eigenvalue weighted by molar-refractivity contribution is 14.1. The molecule has 0 radical (unpaired) electrons. The molecule has 0 saturated heterocycles. The lowest BCUT2D eigenvalue weighted by Gasteiger charge is -2.27. The summed E-state index contributed by atoms with van der Waals surface area (Å²) in [6.07, 6.45) is -2.41. The Labute approximate surface area is 185 Å². The number of nitrogens with two attached hydrogens (primary N) is 1. The molecule has 6 N–H and O–H groups in total. The van der Waals surface area contributed by atoms with Crippen LogP contribution in [-0.2, 0) is 0 Å². The van der Waals surface area contributed by atoms with Gasteiger partial charge in [-0.25, -0.2) is 0 Å². The number of carbonyl (C=O) groups excluding carboxylic acids is 2. The molecule has 140 valence electrons. The molecule has 2 unspecified atom stereocenters. The van der Waals surface area contributed by atoms with Crippen molar-refractivity contribution < 1.29 is 30.0 Å². The average molecular weight is 690 g/mol. The molecule has 0 aromatic heterocycles. The smallest absolute Gasteiger partial charge is 0.256 e. The molecule has 25 heavy (non-hydrogen) atoms. The molecule has 11 heteroatoms. The topological polar surface area (TPSA) is 144 Å². The quantitative estimate of drug-likeness (QED) is 0.238. The zero-order valence-electron chi connectivity index (χ0n) is 12.8. The first-order valence-corrected chi connectivity index (χ1v) is 10.2. The van der Waals surface area contributed by atoms with E-state index in [1.807, 2.05) is 67.8 Å². The third-order valence-electron chi connectivity index (χ3n) is 3.20. The first kappa shape index (κ1) is 23.2. The maximum absolute atomic E-state index is 13.0. The van der Waals surface area contributed by atoms with Gasteiger partial charge in [-0.05, 0) is 73.8 Å². The number of halogens is 3. The number of hydrogen-bond acceptors (Lipinski definition) is 6. The summed E-state index contributed by atoms with van der Waals surface area (Å²) in [5, 5.41) is 37.4. The number of benzene rings is 1. The van der Waals surface area contributed by atoms with Gasteiger partial charge in [0, 0.05) is 23.8 Å². The Morgan fingerprint density at radius 2 is 1.44 bits per heavy atom. The number of nitrogens with zero attached hydrogens (tertiary/aromatic N) is 1. The van der Waals surface area contributed by atoms with Gasteiger partial charge in [-0.2, -0.15) is 0 Å². The van der Waals surface area contributed by atoms with Crippen molar-refractivity contribution in [3.05, 3.63) is 27.9 Å². The lowest BCUT2D eigenvalue weighted by atomic mass is 10.1. The molecule has 0 heterocycles. The Morgan fingerprint density at radius 1 is 1.00 bits per heavy atom. The fourth-order valence-corrected chi connectivity index (χ4v) is 6.40. The van der Waals surface area contributed by atoms with Crippen molar-refractivity contribution >= 4 is 79.6 Å². The summed E-state index contributed by atoms with van der Waals surface area (Å²) in [5.41, 5.74) is 5.82. The van der Waals surface area contributed by atoms with E-state index in [9.17, 15) is 19.8 Å². The maximum Gasteiger partial charge on any atom is 0.256 e. The highest BCUT2D eigenvalue weighted by Crippen LogP contribution is 2.28. The van der Waals surface area contributed by atoms with Crippen LogP contribution in [0, 0.1) is 10.7 Å². The summed E-state index contributed by atoms with van der Waals surface area (Å²) in [6, 6.07) is 1.64. The zero-order valence-corrected chi connectivity index (χ0v) is 19.3. The maximum atomic E-state index is 13.0. The van der Waals surface area contributed by atoms with Crippen LogP contribution in [0.2, 0.25) is 0 Å². The van der Waals surface area contributed by atoms with Crippen LogP contribution in [0.15, 0.2) is 6.07 Å². The van der Waals surface area contributed by atoms with E-state index >= 15 is 0 Å². The molecule has 0 aliphatic rings. The number of aliphatic hydroxyl groups is 4. The standard InChI is InChI=1S/C14H17I3N2O6/c15-8-1-9(16)11(12(17)10(8)13(18)24)14(25)19(2-6(22)4-20)3-7(23)5-21/h1,6-7,20-23H,2-5H2,(H2,18,24). The summed E-state index contributed by atoms with van der Waals surface area (Å²) in [7, 11) is 0. The van der Waals surface area contributed by atoms with Gasteiger partial charge in [-0.3, -0.25) is 9.59 Å². The number of rotatable bonds is 8. The second kappa shape index (κ2) is 10.5. The minimum atomic E-state index is -1.20. The first-order valence-electron chi connectivity index (χ1n) is 6.98. The Kier molecular flexibility index (Phi) is 9.76. The van der Waals surface area contributed by atoms with E-state index in [2.05, 4.69) is 0 Å². The molecule has 1 rings (SSSR count). The summed E-state index contributed by atoms with van der Waals surface area (Å²) in [5.74, 6) is -1.22. The van der Waals surface area contributed by atoms with E-state index in [0.29, 0.717) is 10.7 Å². The second-order valence-corrected chi connectivity index (χ2v) is 8.55. The van der Waals surface area contributed by atoms with Gasteiger partial charge in [0.05, 0.1) is 36.5 Å². The molecule has 0 saturated carbocycles. The van der Waals surface area contributed by atoms with E-state index in [1.165, 1.54) is 0 Å². The summed E-state index contributed by atoms with van der Waals surface area (Å²) < 4.78 is 1.55. The first-order chi connectivity index (χ1) is 11.6. The molecule has 0 spiro atoms. The van der Waals surface area contributed by atoms with Crippen molar-refractivity contribution in [2.75, 3.05) is 26.3 Å². The van der Waals surface area contributed by atoms with Gasteiger partial charge in [0.2, 0.25) is 0 Å². The minimum absolute atomic E-state index is 0.214. The zero-order chi connectivity index (χ0) is 19.3. The van der Waals surface area contributed by atoms with Crippen molar-refractivity contribution in [3.63, 3.8) is 0 Å². The van der Waals surface area contributed by atoms with Crippen molar-refractivity contribution in [1.29, 1.82) is 0 Å². The Morgan fingerprint density at radius 3 is 1.84 bits per heavy atom. The van der Waals surface area contributed by atoms with Crippen LogP contribution in [0.25, 0.3) is 0 Å². The van der Waals surface area contributed by atoms with E-state index in [0.717, 1.165) is 4.90 Å². The number of aliphatic hydroxyl groups excluding tert-OH is 4.